The van der Waals surface area contributed by atoms with E-state index >= 15 is 4.39 Å². The molecule has 1 amide bonds. The Kier molecular flexibility index (Phi) is 7.60. The number of nitrogens with zero attached hydrogens (tertiary/aromatic N) is 4. The first kappa shape index (κ1) is 28.2. The second-order valence-electron chi connectivity index (χ2n) is 9.37. The van der Waals surface area contributed by atoms with Gasteiger partial charge in [-0.25, -0.2) is 8.78 Å². The van der Waals surface area contributed by atoms with E-state index in [-0.39, 0.29) is 29.4 Å². The third-order valence-electron chi connectivity index (χ3n) is 6.67. The smallest absolute Gasteiger partial charge is 0.268 e. The number of nitrogens with one attached hydrogen (secondary N) is 2. The first-order valence-corrected chi connectivity index (χ1v) is 12.5. The Morgan fingerprint density at radius 2 is 1.76 bits per heavy atom. The van der Waals surface area contributed by atoms with Crippen molar-refractivity contribution in [3.05, 3.63) is 119 Å². The van der Waals surface area contributed by atoms with Gasteiger partial charge in [0, 0.05) is 52.9 Å². The van der Waals surface area contributed by atoms with Crippen LogP contribution in [0.3, 0.4) is 0 Å². The lowest BCUT2D eigenvalue weighted by Gasteiger charge is -2.14. The first-order valence-electron chi connectivity index (χ1n) is 12.5. The molecule has 0 fully saturated rings. The molecular formula is C30H23ClF2N6O3. The zero-order valence-electron chi connectivity index (χ0n) is 22.3. The molecule has 42 heavy (non-hydrogen) atoms. The van der Waals surface area contributed by atoms with Crippen LogP contribution in [0, 0.1) is 18.6 Å². The fourth-order valence-corrected chi connectivity index (χ4v) is 4.58. The highest BCUT2D eigenvalue weighted by molar-refractivity contribution is 6.04. The fraction of sp³-hybridized carbons (Fsp3) is 0.0667. The number of rotatable bonds is 6. The number of anilines is 1. The van der Waals surface area contributed by atoms with E-state index in [0.717, 1.165) is 22.5 Å². The lowest BCUT2D eigenvalue weighted by molar-refractivity contribution is 0.102. The second kappa shape index (κ2) is 11.3. The molecule has 6 rings (SSSR count). The van der Waals surface area contributed by atoms with Crippen LogP contribution in [0.1, 0.15) is 16.1 Å². The summed E-state index contributed by atoms with van der Waals surface area (Å²) in [4.78, 5) is 26.2. The van der Waals surface area contributed by atoms with E-state index in [1.54, 1.807) is 42.3 Å². The molecule has 3 aromatic heterocycles. The molecule has 0 aliphatic rings. The van der Waals surface area contributed by atoms with Crippen molar-refractivity contribution in [3.63, 3.8) is 0 Å². The summed E-state index contributed by atoms with van der Waals surface area (Å²) >= 11 is 0. The highest BCUT2D eigenvalue weighted by Crippen LogP contribution is 2.37. The van der Waals surface area contributed by atoms with Crippen molar-refractivity contribution in [2.75, 3.05) is 5.32 Å². The Morgan fingerprint density at radius 3 is 2.48 bits per heavy atom. The number of aryl methyl sites for hydroxylation is 2. The van der Waals surface area contributed by atoms with Crippen LogP contribution in [0.2, 0.25) is 0 Å². The fourth-order valence-electron chi connectivity index (χ4n) is 4.58. The van der Waals surface area contributed by atoms with E-state index in [1.165, 1.54) is 47.0 Å². The maximum Gasteiger partial charge on any atom is 0.268 e. The van der Waals surface area contributed by atoms with Gasteiger partial charge >= 0.3 is 0 Å². The molecule has 0 saturated carbocycles. The van der Waals surface area contributed by atoms with Crippen LogP contribution in [0.25, 0.3) is 27.7 Å². The number of H-pyrrole nitrogens is 1. The predicted molar refractivity (Wildman–Crippen MR) is 157 cm³/mol. The van der Waals surface area contributed by atoms with Crippen LogP contribution in [0.5, 0.6) is 11.5 Å². The first-order chi connectivity index (χ1) is 19.8. The number of aromatic nitrogens is 5. The Bertz CT molecular complexity index is 1990. The normalized spacial score (nSPS) is 10.9. The van der Waals surface area contributed by atoms with Gasteiger partial charge in [0.1, 0.15) is 17.1 Å². The van der Waals surface area contributed by atoms with E-state index < -0.39 is 23.1 Å². The molecule has 3 aromatic carbocycles. The molecule has 0 spiro atoms. The number of halogens is 3. The standard InChI is InChI=1S/C30H22F2N6O3.ClH/c1-17-3-9-23(30(40)38(17)22-7-4-20(31)5-8-22)29(39)36-21-6-10-27(25(32)12-21)41-28-11-18-16-35-37(2)26(18)13-24(28)19-14-33-34-15-19;/h3-16H,1-2H3,(H,33,34)(H,36,39);1H. The van der Waals surface area contributed by atoms with Crippen molar-refractivity contribution >= 4 is 34.9 Å². The van der Waals surface area contributed by atoms with Crippen LogP contribution in [0.4, 0.5) is 14.5 Å². The van der Waals surface area contributed by atoms with Gasteiger partial charge in [-0.3, -0.25) is 23.9 Å². The van der Waals surface area contributed by atoms with Gasteiger partial charge < -0.3 is 10.1 Å². The van der Waals surface area contributed by atoms with Gasteiger partial charge in [0.05, 0.1) is 17.9 Å². The SMILES string of the molecule is Cc1ccc(C(=O)Nc2ccc(Oc3cc4cnn(C)c4cc3-c3cn[nH]c3)c(F)c2)c(=O)n1-c1ccc(F)cc1.Cl. The molecule has 3 heterocycles. The summed E-state index contributed by atoms with van der Waals surface area (Å²) in [5, 5.41) is 14.4. The number of hydrogen-bond donors (Lipinski definition) is 2. The van der Waals surface area contributed by atoms with E-state index in [1.807, 2.05) is 13.1 Å². The minimum absolute atomic E-state index is 0. The van der Waals surface area contributed by atoms with Crippen LogP contribution in [0.15, 0.2) is 90.1 Å². The number of fused-ring (bicyclic) bond motifs is 1. The molecule has 0 atom stereocenters. The van der Waals surface area contributed by atoms with Crippen molar-refractivity contribution in [2.24, 2.45) is 7.05 Å². The maximum absolute atomic E-state index is 15.2. The van der Waals surface area contributed by atoms with Crippen LogP contribution < -0.4 is 15.6 Å². The van der Waals surface area contributed by atoms with Crippen LogP contribution in [-0.4, -0.2) is 30.5 Å². The van der Waals surface area contributed by atoms with E-state index in [2.05, 4.69) is 20.6 Å². The number of aromatic amines is 1. The second-order valence-corrected chi connectivity index (χ2v) is 9.37. The summed E-state index contributed by atoms with van der Waals surface area (Å²) in [6.07, 6.45) is 5.02. The Balaban J connectivity index is 0.00000353. The molecule has 6 aromatic rings. The molecule has 2 N–H and O–H groups in total. The average Bonchev–Trinajstić information content (AvgIpc) is 3.61. The van der Waals surface area contributed by atoms with Crippen molar-refractivity contribution < 1.29 is 18.3 Å². The van der Waals surface area contributed by atoms with Gasteiger partial charge in [0.25, 0.3) is 11.5 Å². The zero-order chi connectivity index (χ0) is 28.7. The summed E-state index contributed by atoms with van der Waals surface area (Å²) in [5.74, 6) is -1.56. The lowest BCUT2D eigenvalue weighted by Crippen LogP contribution is -2.29. The predicted octanol–water partition coefficient (Wildman–Crippen LogP) is 6.17. The highest BCUT2D eigenvalue weighted by atomic mass is 35.5. The van der Waals surface area contributed by atoms with Crippen molar-refractivity contribution in [1.82, 2.24) is 24.5 Å². The largest absolute Gasteiger partial charge is 0.454 e. The molecule has 9 nitrogen and oxygen atoms in total. The molecule has 0 aliphatic carbocycles. The number of hydrogen-bond acceptors (Lipinski definition) is 5. The van der Waals surface area contributed by atoms with Gasteiger partial charge in [-0.1, -0.05) is 0 Å². The number of carbonyl (C=O) groups excluding carboxylic acids is 1. The molecule has 12 heteroatoms. The van der Waals surface area contributed by atoms with Crippen LogP contribution in [-0.2, 0) is 7.05 Å². The van der Waals surface area contributed by atoms with Gasteiger partial charge in [-0.2, -0.15) is 10.2 Å². The average molecular weight is 589 g/mol. The topological polar surface area (TPSA) is 107 Å². The molecule has 0 radical (unpaired) electrons. The summed E-state index contributed by atoms with van der Waals surface area (Å²) < 4.78 is 37.6. The number of benzene rings is 3. The Labute approximate surface area is 243 Å². The van der Waals surface area contributed by atoms with Gasteiger partial charge in [0.15, 0.2) is 11.6 Å². The van der Waals surface area contributed by atoms with Crippen molar-refractivity contribution in [2.45, 2.75) is 6.92 Å². The maximum atomic E-state index is 15.2. The number of ether oxygens (including phenoxy) is 1. The minimum Gasteiger partial charge on any atom is -0.454 e. The highest BCUT2D eigenvalue weighted by Gasteiger charge is 2.18. The quantitative estimate of drug-likeness (QED) is 0.242. The monoisotopic (exact) mass is 588 g/mol. The third-order valence-corrected chi connectivity index (χ3v) is 6.67. The number of carbonyl (C=O) groups is 1. The molecular weight excluding hydrogens is 566 g/mol. The lowest BCUT2D eigenvalue weighted by atomic mass is 10.1. The van der Waals surface area contributed by atoms with Crippen LogP contribution >= 0.6 is 12.4 Å². The number of pyridine rings is 1. The molecule has 0 saturated heterocycles. The Morgan fingerprint density at radius 1 is 0.976 bits per heavy atom. The molecule has 0 aliphatic heterocycles. The van der Waals surface area contributed by atoms with E-state index in [4.69, 9.17) is 4.74 Å². The zero-order valence-corrected chi connectivity index (χ0v) is 23.1. The van der Waals surface area contributed by atoms with Gasteiger partial charge in [-0.15, -0.1) is 12.4 Å². The molecule has 0 unspecified atom stereocenters. The van der Waals surface area contributed by atoms with E-state index in [0.29, 0.717) is 22.7 Å². The van der Waals surface area contributed by atoms with E-state index in [9.17, 15) is 14.0 Å². The summed E-state index contributed by atoms with van der Waals surface area (Å²) in [6.45, 7) is 1.70. The number of amides is 1. The summed E-state index contributed by atoms with van der Waals surface area (Å²) in [6, 6.07) is 16.0. The summed E-state index contributed by atoms with van der Waals surface area (Å²) in [7, 11) is 1.82. The summed E-state index contributed by atoms with van der Waals surface area (Å²) in [5.41, 5.74) is 2.65. The minimum atomic E-state index is -0.722. The Hall–Kier alpha value is -5.29. The van der Waals surface area contributed by atoms with Gasteiger partial charge in [-0.05, 0) is 67.6 Å². The van der Waals surface area contributed by atoms with Crippen molar-refractivity contribution in [1.29, 1.82) is 0 Å². The van der Waals surface area contributed by atoms with Gasteiger partial charge in [0.2, 0.25) is 0 Å². The van der Waals surface area contributed by atoms with Crippen molar-refractivity contribution in [3.8, 4) is 28.3 Å². The molecule has 212 valence electrons. The molecule has 0 bridgehead atoms. The third kappa shape index (κ3) is 5.25.